The van der Waals surface area contributed by atoms with Gasteiger partial charge in [0.1, 0.15) is 0 Å². The van der Waals surface area contributed by atoms with Gasteiger partial charge in [0.2, 0.25) is 0 Å². The summed E-state index contributed by atoms with van der Waals surface area (Å²) in [6.45, 7) is 7.14. The largest absolute Gasteiger partial charge is 0.378 e. The molecule has 1 aromatic carbocycles. The Hall–Kier alpha value is -2.57. The van der Waals surface area contributed by atoms with Crippen molar-refractivity contribution < 1.29 is 0 Å². The minimum atomic E-state index is 0.554. The highest BCUT2D eigenvalue weighted by atomic mass is 32.2. The Morgan fingerprint density at radius 2 is 1.35 bits per heavy atom. The van der Waals surface area contributed by atoms with Crippen LogP contribution in [-0.4, -0.2) is 55.4 Å². The smallest absolute Gasteiger partial charge is 0.0564 e. The van der Waals surface area contributed by atoms with Gasteiger partial charge in [-0.15, -0.1) is 0 Å². The predicted octanol–water partition coefficient (Wildman–Crippen LogP) is 5.67. The van der Waals surface area contributed by atoms with Gasteiger partial charge in [-0.1, -0.05) is 38.1 Å². The molecule has 0 fully saturated rings. The molecule has 0 radical (unpaired) electrons. The van der Waals surface area contributed by atoms with Crippen molar-refractivity contribution in [3.8, 4) is 0 Å². The van der Waals surface area contributed by atoms with Crippen molar-refractivity contribution in [2.24, 2.45) is 0 Å². The third-order valence-electron chi connectivity index (χ3n) is 5.89. The molecule has 3 aromatic rings. The van der Waals surface area contributed by atoms with Crippen molar-refractivity contribution in [2.45, 2.75) is 38.6 Å². The molecule has 2 aromatic heterocycles. The lowest BCUT2D eigenvalue weighted by molar-refractivity contribution is 0.267. The number of aromatic nitrogens is 2. The van der Waals surface area contributed by atoms with Crippen molar-refractivity contribution in [2.75, 3.05) is 50.3 Å². The summed E-state index contributed by atoms with van der Waals surface area (Å²) in [5, 5.41) is 0. The second kappa shape index (κ2) is 12.8. The minimum absolute atomic E-state index is 0.554. The maximum atomic E-state index is 4.65. The zero-order valence-electron chi connectivity index (χ0n) is 21.5. The monoisotopic (exact) mass is 477 g/mol. The van der Waals surface area contributed by atoms with E-state index in [4.69, 9.17) is 0 Å². The van der Waals surface area contributed by atoms with Gasteiger partial charge in [-0.05, 0) is 41.3 Å². The van der Waals surface area contributed by atoms with Crippen LogP contribution in [0.4, 0.5) is 11.4 Å². The Kier molecular flexibility index (Phi) is 9.78. The Bertz CT molecular complexity index is 981. The van der Waals surface area contributed by atoms with E-state index in [2.05, 4.69) is 115 Å². The van der Waals surface area contributed by atoms with Crippen LogP contribution < -0.4 is 9.80 Å². The maximum absolute atomic E-state index is 4.65. The molecule has 2 heterocycles. The molecule has 34 heavy (non-hydrogen) atoms. The van der Waals surface area contributed by atoms with Gasteiger partial charge in [0.25, 0.3) is 0 Å². The highest BCUT2D eigenvalue weighted by Crippen LogP contribution is 2.24. The highest BCUT2D eigenvalue weighted by molar-refractivity contribution is 7.98. The number of pyridine rings is 2. The lowest BCUT2D eigenvalue weighted by Gasteiger charge is -2.23. The fraction of sp³-hybridized carbons (Fsp3) is 0.429. The first-order chi connectivity index (χ1) is 16.3. The third kappa shape index (κ3) is 7.74. The van der Waals surface area contributed by atoms with Crippen LogP contribution in [0.15, 0.2) is 60.9 Å². The fourth-order valence-corrected chi connectivity index (χ4v) is 4.95. The van der Waals surface area contributed by atoms with Crippen molar-refractivity contribution in [3.63, 3.8) is 0 Å². The minimum Gasteiger partial charge on any atom is -0.378 e. The van der Waals surface area contributed by atoms with Gasteiger partial charge in [0.15, 0.2) is 0 Å². The lowest BCUT2D eigenvalue weighted by Crippen LogP contribution is -2.26. The molecule has 6 heteroatoms. The zero-order valence-corrected chi connectivity index (χ0v) is 22.3. The number of rotatable bonds is 12. The molecule has 0 atom stereocenters. The van der Waals surface area contributed by atoms with Gasteiger partial charge in [-0.2, -0.15) is 11.8 Å². The van der Waals surface area contributed by atoms with Crippen LogP contribution in [0.2, 0.25) is 0 Å². The molecule has 0 unspecified atom stereocenters. The molecule has 0 bridgehead atoms. The molecule has 0 saturated heterocycles. The van der Waals surface area contributed by atoms with Crippen LogP contribution in [0.3, 0.4) is 0 Å². The van der Waals surface area contributed by atoms with Gasteiger partial charge in [-0.3, -0.25) is 14.9 Å². The molecule has 0 N–H and O–H groups in total. The number of hydrogen-bond donors (Lipinski definition) is 0. The summed E-state index contributed by atoms with van der Waals surface area (Å²) in [7, 11) is 8.27. The summed E-state index contributed by atoms with van der Waals surface area (Å²) >= 11 is 2.00. The van der Waals surface area contributed by atoms with Crippen LogP contribution in [-0.2, 0) is 18.8 Å². The average molecular weight is 478 g/mol. The van der Waals surface area contributed by atoms with E-state index in [-0.39, 0.29) is 0 Å². The van der Waals surface area contributed by atoms with Crippen LogP contribution in [0, 0.1) is 0 Å². The Balaban J connectivity index is 1.69. The molecule has 3 rings (SSSR count). The number of nitrogens with zero attached hydrogens (tertiary/aromatic N) is 5. The first-order valence-electron chi connectivity index (χ1n) is 12.0. The number of thioether (sulfide) groups is 1. The average Bonchev–Trinajstić information content (AvgIpc) is 2.82. The predicted molar refractivity (Wildman–Crippen MR) is 148 cm³/mol. The highest BCUT2D eigenvalue weighted by Gasteiger charge is 2.12. The standard InChI is InChI=1S/C28H39N5S/c1-22(2)28-10-8-7-9-23(28)21-34-16-15-33(19-24-17-26(31(3)4)11-13-29-24)20-25-18-27(32(5)6)12-14-30-25/h7-14,17-18,22H,15-16,19-21H2,1-6H3. The van der Waals surface area contributed by atoms with E-state index < -0.39 is 0 Å². The second-order valence-corrected chi connectivity index (χ2v) is 10.5. The van der Waals surface area contributed by atoms with Crippen LogP contribution in [0.5, 0.6) is 0 Å². The lowest BCUT2D eigenvalue weighted by atomic mass is 9.98. The van der Waals surface area contributed by atoms with Gasteiger partial charge >= 0.3 is 0 Å². The van der Waals surface area contributed by atoms with E-state index in [1.54, 1.807) is 0 Å². The van der Waals surface area contributed by atoms with Crippen molar-refractivity contribution in [1.82, 2.24) is 14.9 Å². The Morgan fingerprint density at radius 3 is 1.88 bits per heavy atom. The molecular weight excluding hydrogens is 438 g/mol. The number of hydrogen-bond acceptors (Lipinski definition) is 6. The van der Waals surface area contributed by atoms with Gasteiger partial charge < -0.3 is 9.80 Å². The fourth-order valence-electron chi connectivity index (χ4n) is 3.94. The summed E-state index contributed by atoms with van der Waals surface area (Å²) < 4.78 is 0. The van der Waals surface area contributed by atoms with Crippen molar-refractivity contribution in [1.29, 1.82) is 0 Å². The molecule has 0 aliphatic carbocycles. The van der Waals surface area contributed by atoms with Crippen LogP contribution >= 0.6 is 11.8 Å². The second-order valence-electron chi connectivity index (χ2n) is 9.42. The van der Waals surface area contributed by atoms with Crippen LogP contribution in [0.25, 0.3) is 0 Å². The quantitative estimate of drug-likeness (QED) is 0.313. The first-order valence-corrected chi connectivity index (χ1v) is 13.1. The van der Waals surface area contributed by atoms with E-state index in [1.165, 1.54) is 22.5 Å². The summed E-state index contributed by atoms with van der Waals surface area (Å²) in [5.74, 6) is 2.66. The summed E-state index contributed by atoms with van der Waals surface area (Å²) in [5.41, 5.74) is 7.45. The van der Waals surface area contributed by atoms with Gasteiger partial charge in [0.05, 0.1) is 11.4 Å². The Labute approximate surface area is 210 Å². The normalized spacial score (nSPS) is 11.3. The summed E-state index contributed by atoms with van der Waals surface area (Å²) in [6, 6.07) is 17.3. The SMILES string of the molecule is CC(C)c1ccccc1CSCCN(Cc1cc(N(C)C)ccn1)Cc1cc(N(C)C)ccn1. The van der Waals surface area contributed by atoms with Crippen molar-refractivity contribution >= 4 is 23.1 Å². The molecular formula is C28H39N5S. The molecule has 0 amide bonds. The van der Waals surface area contributed by atoms with E-state index in [0.717, 1.165) is 42.5 Å². The molecule has 0 aliphatic heterocycles. The number of benzene rings is 1. The molecule has 0 saturated carbocycles. The maximum Gasteiger partial charge on any atom is 0.0564 e. The summed E-state index contributed by atoms with van der Waals surface area (Å²) in [4.78, 5) is 16.0. The van der Waals surface area contributed by atoms with Crippen LogP contribution in [0.1, 0.15) is 42.3 Å². The van der Waals surface area contributed by atoms with E-state index in [9.17, 15) is 0 Å². The topological polar surface area (TPSA) is 35.5 Å². The van der Waals surface area contributed by atoms with E-state index in [1.807, 2.05) is 24.2 Å². The number of anilines is 2. The van der Waals surface area contributed by atoms with Gasteiger partial charge in [-0.25, -0.2) is 0 Å². The first kappa shape index (κ1) is 26.0. The summed E-state index contributed by atoms with van der Waals surface area (Å²) in [6.07, 6.45) is 3.82. The van der Waals surface area contributed by atoms with Crippen molar-refractivity contribution in [3.05, 3.63) is 83.4 Å². The molecule has 0 aliphatic rings. The van der Waals surface area contributed by atoms with Gasteiger partial charge in [0, 0.05) is 83.1 Å². The molecule has 5 nitrogen and oxygen atoms in total. The Morgan fingerprint density at radius 1 is 0.794 bits per heavy atom. The van der Waals surface area contributed by atoms with E-state index >= 15 is 0 Å². The van der Waals surface area contributed by atoms with E-state index in [0.29, 0.717) is 5.92 Å². The zero-order chi connectivity index (χ0) is 24.5. The molecule has 182 valence electrons. The third-order valence-corrected chi connectivity index (χ3v) is 6.88. The molecule has 0 spiro atoms.